The van der Waals surface area contributed by atoms with Gasteiger partial charge in [0.2, 0.25) is 0 Å². The van der Waals surface area contributed by atoms with Crippen LogP contribution in [0.1, 0.15) is 31.4 Å². The van der Waals surface area contributed by atoms with Crippen LogP contribution in [0, 0.1) is 6.92 Å². The number of anilines is 1. The highest BCUT2D eigenvalue weighted by atomic mass is 32.1. The van der Waals surface area contributed by atoms with Crippen LogP contribution in [-0.4, -0.2) is 16.0 Å². The Kier molecular flexibility index (Phi) is 3.19. The first kappa shape index (κ1) is 12.9. The third-order valence-corrected chi connectivity index (χ3v) is 5.11. The molecule has 1 saturated carbocycles. The Bertz CT molecular complexity index is 765. The van der Waals surface area contributed by atoms with Crippen molar-refractivity contribution < 1.29 is 0 Å². The summed E-state index contributed by atoms with van der Waals surface area (Å²) >= 11 is 1.72. The molecule has 2 N–H and O–H groups in total. The van der Waals surface area contributed by atoms with Crippen LogP contribution in [0.5, 0.6) is 0 Å². The number of H-pyrrole nitrogens is 1. The molecule has 0 atom stereocenters. The summed E-state index contributed by atoms with van der Waals surface area (Å²) in [7, 11) is 0. The number of benzene rings is 1. The van der Waals surface area contributed by atoms with E-state index in [-0.39, 0.29) is 0 Å². The van der Waals surface area contributed by atoms with Crippen molar-refractivity contribution in [2.24, 2.45) is 0 Å². The number of thiazole rings is 1. The van der Waals surface area contributed by atoms with E-state index in [4.69, 9.17) is 4.98 Å². The monoisotopic (exact) mass is 297 g/mol. The number of aryl methyl sites for hydroxylation is 1. The van der Waals surface area contributed by atoms with Crippen molar-refractivity contribution >= 4 is 27.4 Å². The van der Waals surface area contributed by atoms with Gasteiger partial charge < -0.3 is 10.3 Å². The third-order valence-electron chi connectivity index (χ3n) is 4.34. The van der Waals surface area contributed by atoms with Crippen LogP contribution >= 0.6 is 11.3 Å². The van der Waals surface area contributed by atoms with E-state index in [2.05, 4.69) is 46.9 Å². The van der Waals surface area contributed by atoms with Gasteiger partial charge in [-0.2, -0.15) is 0 Å². The second kappa shape index (κ2) is 5.19. The molecule has 0 saturated heterocycles. The van der Waals surface area contributed by atoms with Crippen molar-refractivity contribution in [1.82, 2.24) is 9.97 Å². The fraction of sp³-hybridized carbons (Fsp3) is 0.353. The number of para-hydroxylation sites is 1. The van der Waals surface area contributed by atoms with Gasteiger partial charge in [-0.15, -0.1) is 11.3 Å². The fourth-order valence-electron chi connectivity index (χ4n) is 3.31. The van der Waals surface area contributed by atoms with E-state index < -0.39 is 0 Å². The average Bonchev–Trinajstić information content (AvgIpc) is 3.18. The molecule has 0 unspecified atom stereocenters. The Hall–Kier alpha value is -1.81. The summed E-state index contributed by atoms with van der Waals surface area (Å²) in [6.07, 6.45) is 5.25. The van der Waals surface area contributed by atoms with Crippen LogP contribution in [0.3, 0.4) is 0 Å². The second-order valence-corrected chi connectivity index (χ2v) is 6.69. The average molecular weight is 297 g/mol. The molecule has 0 radical (unpaired) electrons. The molecular formula is C17H19N3S. The first-order valence-corrected chi connectivity index (χ1v) is 8.49. The Morgan fingerprint density at radius 3 is 2.90 bits per heavy atom. The van der Waals surface area contributed by atoms with Gasteiger partial charge >= 0.3 is 0 Å². The quantitative estimate of drug-likeness (QED) is 0.717. The van der Waals surface area contributed by atoms with Crippen molar-refractivity contribution in [1.29, 1.82) is 0 Å². The molecule has 1 aliphatic rings. The van der Waals surface area contributed by atoms with Gasteiger partial charge in [-0.1, -0.05) is 31.0 Å². The molecule has 3 aromatic rings. The largest absolute Gasteiger partial charge is 0.359 e. The van der Waals surface area contributed by atoms with Gasteiger partial charge in [-0.3, -0.25) is 0 Å². The van der Waals surface area contributed by atoms with E-state index in [1.54, 1.807) is 11.3 Å². The molecule has 2 aromatic heterocycles. The number of nitrogens with one attached hydrogen (secondary N) is 2. The van der Waals surface area contributed by atoms with Gasteiger partial charge in [-0.25, -0.2) is 4.98 Å². The number of hydrogen-bond donors (Lipinski definition) is 2. The standard InChI is InChI=1S/C17H19N3S/c1-11-16(13-8-4-5-9-14(13)18-11)15-10-21-17(20-15)19-12-6-2-3-7-12/h4-5,8-10,12,18H,2-3,6-7H2,1H3,(H,19,20). The minimum absolute atomic E-state index is 0.619. The Morgan fingerprint density at radius 2 is 2.05 bits per heavy atom. The normalized spacial score (nSPS) is 15.9. The van der Waals surface area contributed by atoms with Gasteiger partial charge in [0, 0.05) is 33.6 Å². The lowest BCUT2D eigenvalue weighted by Crippen LogP contribution is -2.13. The number of rotatable bonds is 3. The van der Waals surface area contributed by atoms with Gasteiger partial charge in [0.15, 0.2) is 5.13 Å². The molecule has 1 aliphatic carbocycles. The summed E-state index contributed by atoms with van der Waals surface area (Å²) in [5, 5.41) is 8.07. The lowest BCUT2D eigenvalue weighted by molar-refractivity contribution is 0.754. The Labute approximate surface area is 128 Å². The molecule has 0 aliphatic heterocycles. The van der Waals surface area contributed by atoms with Crippen LogP contribution in [-0.2, 0) is 0 Å². The Balaban J connectivity index is 1.69. The number of nitrogens with zero attached hydrogens (tertiary/aromatic N) is 1. The molecule has 0 bridgehead atoms. The summed E-state index contributed by atoms with van der Waals surface area (Å²) < 4.78 is 0. The van der Waals surface area contributed by atoms with Crippen molar-refractivity contribution in [3.63, 3.8) is 0 Å². The molecule has 21 heavy (non-hydrogen) atoms. The lowest BCUT2D eigenvalue weighted by atomic mass is 10.1. The third kappa shape index (κ3) is 2.33. The van der Waals surface area contributed by atoms with Crippen molar-refractivity contribution in [3.05, 3.63) is 35.3 Å². The zero-order valence-electron chi connectivity index (χ0n) is 12.1. The van der Waals surface area contributed by atoms with E-state index in [1.165, 1.54) is 47.8 Å². The van der Waals surface area contributed by atoms with Gasteiger partial charge in [0.05, 0.1) is 5.69 Å². The van der Waals surface area contributed by atoms with E-state index >= 15 is 0 Å². The molecule has 1 fully saturated rings. The molecule has 1 aromatic carbocycles. The molecule has 0 spiro atoms. The topological polar surface area (TPSA) is 40.7 Å². The molecular weight excluding hydrogens is 278 g/mol. The first-order chi connectivity index (χ1) is 10.3. The van der Waals surface area contributed by atoms with E-state index in [9.17, 15) is 0 Å². The van der Waals surface area contributed by atoms with Gasteiger partial charge in [0.1, 0.15) is 0 Å². The molecule has 4 heteroatoms. The highest BCUT2D eigenvalue weighted by Crippen LogP contribution is 2.34. The number of fused-ring (bicyclic) bond motifs is 1. The summed E-state index contributed by atoms with van der Waals surface area (Å²) in [5.74, 6) is 0. The van der Waals surface area contributed by atoms with Crippen molar-refractivity contribution in [3.8, 4) is 11.3 Å². The summed E-state index contributed by atoms with van der Waals surface area (Å²) in [6.45, 7) is 2.12. The summed E-state index contributed by atoms with van der Waals surface area (Å²) in [5.41, 5.74) is 4.69. The maximum Gasteiger partial charge on any atom is 0.183 e. The molecule has 0 amide bonds. The van der Waals surface area contributed by atoms with Crippen LogP contribution in [0.15, 0.2) is 29.6 Å². The minimum atomic E-state index is 0.619. The molecule has 4 rings (SSSR count). The van der Waals surface area contributed by atoms with Crippen molar-refractivity contribution in [2.45, 2.75) is 38.6 Å². The molecule has 2 heterocycles. The maximum absolute atomic E-state index is 4.81. The van der Waals surface area contributed by atoms with E-state index in [0.717, 1.165) is 10.8 Å². The number of aromatic amines is 1. The fourth-order valence-corrected chi connectivity index (χ4v) is 4.09. The Morgan fingerprint density at radius 1 is 1.24 bits per heavy atom. The predicted octanol–water partition coefficient (Wildman–Crippen LogP) is 4.95. The lowest BCUT2D eigenvalue weighted by Gasteiger charge is -2.09. The van der Waals surface area contributed by atoms with Crippen LogP contribution in [0.2, 0.25) is 0 Å². The highest BCUT2D eigenvalue weighted by Gasteiger charge is 2.17. The summed E-state index contributed by atoms with van der Waals surface area (Å²) in [6, 6.07) is 9.06. The highest BCUT2D eigenvalue weighted by molar-refractivity contribution is 7.14. The van der Waals surface area contributed by atoms with Gasteiger partial charge in [0.25, 0.3) is 0 Å². The first-order valence-electron chi connectivity index (χ1n) is 7.61. The van der Waals surface area contributed by atoms with Gasteiger partial charge in [-0.05, 0) is 25.8 Å². The maximum atomic E-state index is 4.81. The molecule has 3 nitrogen and oxygen atoms in total. The van der Waals surface area contributed by atoms with E-state index in [0.29, 0.717) is 6.04 Å². The van der Waals surface area contributed by atoms with E-state index in [1.807, 2.05) is 0 Å². The second-order valence-electron chi connectivity index (χ2n) is 5.83. The van der Waals surface area contributed by atoms with Crippen LogP contribution < -0.4 is 5.32 Å². The zero-order chi connectivity index (χ0) is 14.2. The van der Waals surface area contributed by atoms with Crippen molar-refractivity contribution in [2.75, 3.05) is 5.32 Å². The zero-order valence-corrected chi connectivity index (χ0v) is 13.0. The van der Waals surface area contributed by atoms with Crippen LogP contribution in [0.4, 0.5) is 5.13 Å². The minimum Gasteiger partial charge on any atom is -0.359 e. The number of hydrogen-bond acceptors (Lipinski definition) is 3. The van der Waals surface area contributed by atoms with Crippen LogP contribution in [0.25, 0.3) is 22.2 Å². The smallest absolute Gasteiger partial charge is 0.183 e. The predicted molar refractivity (Wildman–Crippen MR) is 90.0 cm³/mol. The summed E-state index contributed by atoms with van der Waals surface area (Å²) in [4.78, 5) is 8.27. The SMILES string of the molecule is Cc1[nH]c2ccccc2c1-c1csc(NC2CCCC2)n1. The number of aromatic nitrogens is 2. The molecule has 108 valence electrons.